The Morgan fingerprint density at radius 3 is 2.79 bits per heavy atom. The number of benzene rings is 1. The zero-order valence-corrected chi connectivity index (χ0v) is 14.6. The van der Waals surface area contributed by atoms with Crippen LogP contribution in [0.4, 0.5) is 0 Å². The fraction of sp³-hybridized carbons (Fsp3) is 0.316. The number of likely N-dealkylation sites (N-methyl/N-ethyl adjacent to an activating group) is 1. The van der Waals surface area contributed by atoms with Crippen molar-refractivity contribution >= 4 is 17.2 Å². The second-order valence-electron chi connectivity index (χ2n) is 5.73. The summed E-state index contributed by atoms with van der Waals surface area (Å²) in [6.07, 6.45) is 3.77. The predicted octanol–water partition coefficient (Wildman–Crippen LogP) is 3.98. The van der Waals surface area contributed by atoms with Crippen molar-refractivity contribution in [2.45, 2.75) is 26.0 Å². The lowest BCUT2D eigenvalue weighted by Crippen LogP contribution is -2.29. The number of thiophene rings is 1. The van der Waals surface area contributed by atoms with Crippen molar-refractivity contribution in [2.75, 3.05) is 13.7 Å². The van der Waals surface area contributed by atoms with E-state index in [1.165, 1.54) is 4.88 Å². The van der Waals surface area contributed by atoms with Gasteiger partial charge in [-0.2, -0.15) is 0 Å². The molecule has 0 saturated heterocycles. The molecule has 3 rings (SSSR count). The maximum Gasteiger partial charge on any atom is 0.288 e. The van der Waals surface area contributed by atoms with E-state index >= 15 is 0 Å². The summed E-state index contributed by atoms with van der Waals surface area (Å²) in [5.74, 6) is 1.24. The zero-order valence-electron chi connectivity index (χ0n) is 13.7. The van der Waals surface area contributed by atoms with Gasteiger partial charge in [-0.15, -0.1) is 11.3 Å². The Labute approximate surface area is 146 Å². The second-order valence-corrected chi connectivity index (χ2v) is 6.76. The van der Waals surface area contributed by atoms with Crippen LogP contribution >= 0.6 is 11.3 Å². The predicted molar refractivity (Wildman–Crippen MR) is 94.8 cm³/mol. The van der Waals surface area contributed by atoms with Crippen LogP contribution in [0.2, 0.25) is 0 Å². The van der Waals surface area contributed by atoms with Gasteiger partial charge in [-0.1, -0.05) is 18.2 Å². The molecule has 1 aliphatic rings. The lowest BCUT2D eigenvalue weighted by molar-refractivity contribution is -0.130. The van der Waals surface area contributed by atoms with E-state index in [9.17, 15) is 4.79 Å². The normalized spacial score (nSPS) is 13.8. The van der Waals surface area contributed by atoms with Gasteiger partial charge in [0.15, 0.2) is 5.76 Å². The topological polar surface area (TPSA) is 38.8 Å². The Bertz CT molecular complexity index is 692. The molecule has 4 nitrogen and oxygen atoms in total. The number of hydrogen-bond donors (Lipinski definition) is 0. The van der Waals surface area contributed by atoms with Gasteiger partial charge >= 0.3 is 0 Å². The monoisotopic (exact) mass is 343 g/mol. The van der Waals surface area contributed by atoms with Crippen molar-refractivity contribution in [1.82, 2.24) is 4.90 Å². The number of nitrogens with zero attached hydrogens (tertiary/aromatic N) is 1. The molecule has 0 saturated carbocycles. The molecule has 0 N–H and O–H groups in total. The first kappa shape index (κ1) is 16.6. The minimum absolute atomic E-state index is 0.0623. The van der Waals surface area contributed by atoms with Gasteiger partial charge in [0.1, 0.15) is 12.4 Å². The van der Waals surface area contributed by atoms with E-state index in [4.69, 9.17) is 9.47 Å². The summed E-state index contributed by atoms with van der Waals surface area (Å²) in [6, 6.07) is 11.9. The summed E-state index contributed by atoms with van der Waals surface area (Å²) in [4.78, 5) is 15.2. The van der Waals surface area contributed by atoms with Gasteiger partial charge in [-0.3, -0.25) is 4.79 Å². The molecule has 126 valence electrons. The fourth-order valence-electron chi connectivity index (χ4n) is 2.48. The standard InChI is InChI=1S/C19H21NO3S/c1-20(19(21)18-6-2-3-11-22-18)13-15-7-9-16(10-8-15)23-14-17-5-4-12-24-17/h4-10,12H,2-3,11,13-14H2,1H3. The van der Waals surface area contributed by atoms with E-state index in [2.05, 4.69) is 6.07 Å². The number of amides is 1. The van der Waals surface area contributed by atoms with Gasteiger partial charge in [0.25, 0.3) is 5.91 Å². The molecule has 1 amide bonds. The van der Waals surface area contributed by atoms with Crippen LogP contribution in [0.1, 0.15) is 23.3 Å². The quantitative estimate of drug-likeness (QED) is 0.796. The molecule has 1 aliphatic heterocycles. The molecule has 0 aliphatic carbocycles. The second kappa shape index (κ2) is 8.02. The summed E-state index contributed by atoms with van der Waals surface area (Å²) in [7, 11) is 1.79. The van der Waals surface area contributed by atoms with E-state index in [1.807, 2.05) is 41.8 Å². The maximum absolute atomic E-state index is 12.3. The van der Waals surface area contributed by atoms with E-state index in [1.54, 1.807) is 23.3 Å². The average Bonchev–Trinajstić information content (AvgIpc) is 3.15. The highest BCUT2D eigenvalue weighted by molar-refractivity contribution is 7.09. The Hall–Kier alpha value is -2.27. The molecule has 2 heterocycles. The van der Waals surface area contributed by atoms with Crippen molar-refractivity contribution in [1.29, 1.82) is 0 Å². The molecule has 24 heavy (non-hydrogen) atoms. The average molecular weight is 343 g/mol. The molecule has 1 aromatic carbocycles. The number of rotatable bonds is 6. The largest absolute Gasteiger partial charge is 0.488 e. The third-order valence-electron chi connectivity index (χ3n) is 3.80. The molecule has 5 heteroatoms. The van der Waals surface area contributed by atoms with Crippen LogP contribution < -0.4 is 4.74 Å². The number of hydrogen-bond acceptors (Lipinski definition) is 4. The van der Waals surface area contributed by atoms with Gasteiger partial charge in [0.2, 0.25) is 0 Å². The maximum atomic E-state index is 12.3. The molecule has 0 fully saturated rings. The number of allylic oxidation sites excluding steroid dienone is 1. The fourth-order valence-corrected chi connectivity index (χ4v) is 3.10. The van der Waals surface area contributed by atoms with Crippen molar-refractivity contribution < 1.29 is 14.3 Å². The summed E-state index contributed by atoms with van der Waals surface area (Å²) in [5, 5.41) is 2.04. The Morgan fingerprint density at radius 2 is 2.12 bits per heavy atom. The first-order chi connectivity index (χ1) is 11.7. The van der Waals surface area contributed by atoms with Crippen LogP contribution in [-0.4, -0.2) is 24.5 Å². The van der Waals surface area contributed by atoms with Gasteiger partial charge in [-0.05, 0) is 48.1 Å². The zero-order chi connectivity index (χ0) is 16.8. The first-order valence-electron chi connectivity index (χ1n) is 8.05. The molecular formula is C19H21NO3S. The molecule has 0 spiro atoms. The van der Waals surface area contributed by atoms with Gasteiger partial charge < -0.3 is 14.4 Å². The molecule has 0 bridgehead atoms. The summed E-state index contributed by atoms with van der Waals surface area (Å²) in [5.41, 5.74) is 1.06. The lowest BCUT2D eigenvalue weighted by atomic mass is 10.2. The Kier molecular flexibility index (Phi) is 5.54. The molecule has 0 atom stereocenters. The van der Waals surface area contributed by atoms with E-state index in [-0.39, 0.29) is 5.91 Å². The van der Waals surface area contributed by atoms with Crippen molar-refractivity contribution in [3.63, 3.8) is 0 Å². The Balaban J connectivity index is 1.53. The Morgan fingerprint density at radius 1 is 1.29 bits per heavy atom. The highest BCUT2D eigenvalue weighted by Gasteiger charge is 2.18. The van der Waals surface area contributed by atoms with Crippen LogP contribution in [-0.2, 0) is 22.7 Å². The number of carbonyl (C=O) groups excluding carboxylic acids is 1. The molecule has 2 aromatic rings. The minimum Gasteiger partial charge on any atom is -0.488 e. The molecule has 0 radical (unpaired) electrons. The van der Waals surface area contributed by atoms with Crippen LogP contribution in [0.25, 0.3) is 0 Å². The highest BCUT2D eigenvalue weighted by atomic mass is 32.1. The van der Waals surface area contributed by atoms with Gasteiger partial charge in [0.05, 0.1) is 6.61 Å². The van der Waals surface area contributed by atoms with E-state index in [0.717, 1.165) is 24.2 Å². The lowest BCUT2D eigenvalue weighted by Gasteiger charge is -2.21. The van der Waals surface area contributed by atoms with E-state index in [0.29, 0.717) is 25.5 Å². The van der Waals surface area contributed by atoms with E-state index < -0.39 is 0 Å². The van der Waals surface area contributed by atoms with Crippen molar-refractivity contribution in [2.24, 2.45) is 0 Å². The summed E-state index contributed by atoms with van der Waals surface area (Å²) < 4.78 is 11.2. The minimum atomic E-state index is -0.0623. The molecule has 0 unspecified atom stereocenters. The van der Waals surface area contributed by atoms with Crippen LogP contribution in [0, 0.1) is 0 Å². The number of ether oxygens (including phenoxy) is 2. The summed E-state index contributed by atoms with van der Waals surface area (Å²) >= 11 is 1.68. The SMILES string of the molecule is CN(Cc1ccc(OCc2cccs2)cc1)C(=O)C1=CCCCO1. The summed E-state index contributed by atoms with van der Waals surface area (Å²) in [6.45, 7) is 1.76. The van der Waals surface area contributed by atoms with Crippen LogP contribution in [0.15, 0.2) is 53.6 Å². The van der Waals surface area contributed by atoms with Gasteiger partial charge in [-0.25, -0.2) is 0 Å². The third kappa shape index (κ3) is 4.38. The van der Waals surface area contributed by atoms with Crippen molar-refractivity contribution in [3.05, 3.63) is 64.1 Å². The highest BCUT2D eigenvalue weighted by Crippen LogP contribution is 2.18. The van der Waals surface area contributed by atoms with Crippen LogP contribution in [0.3, 0.4) is 0 Å². The molecular weight excluding hydrogens is 322 g/mol. The van der Waals surface area contributed by atoms with Gasteiger partial charge in [0, 0.05) is 18.5 Å². The number of carbonyl (C=O) groups is 1. The first-order valence-corrected chi connectivity index (χ1v) is 8.93. The smallest absolute Gasteiger partial charge is 0.288 e. The van der Waals surface area contributed by atoms with Crippen LogP contribution in [0.5, 0.6) is 5.75 Å². The molecule has 1 aromatic heterocycles. The van der Waals surface area contributed by atoms with Crippen molar-refractivity contribution in [3.8, 4) is 5.75 Å². The third-order valence-corrected chi connectivity index (χ3v) is 4.65.